The van der Waals surface area contributed by atoms with Crippen molar-refractivity contribution in [2.24, 2.45) is 0 Å². The molecule has 21 heavy (non-hydrogen) atoms. The second-order valence-corrected chi connectivity index (χ2v) is 6.61. The van der Waals surface area contributed by atoms with Crippen molar-refractivity contribution in [1.29, 1.82) is 0 Å². The second kappa shape index (κ2) is 4.87. The van der Waals surface area contributed by atoms with E-state index in [-0.39, 0.29) is 0 Å². The Balaban J connectivity index is 2.35. The maximum Gasteiger partial charge on any atom is -0.00604 e. The summed E-state index contributed by atoms with van der Waals surface area (Å²) in [6, 6.07) is 6.96. The van der Waals surface area contributed by atoms with Crippen LogP contribution in [0.2, 0.25) is 0 Å². The molecule has 2 aromatic carbocycles. The Bertz CT molecular complexity index is 773. The van der Waals surface area contributed by atoms with E-state index in [2.05, 4.69) is 65.8 Å². The van der Waals surface area contributed by atoms with Crippen LogP contribution in [0, 0.1) is 34.6 Å². The van der Waals surface area contributed by atoms with E-state index < -0.39 is 0 Å². The van der Waals surface area contributed by atoms with Crippen molar-refractivity contribution in [3.8, 4) is 11.1 Å². The van der Waals surface area contributed by atoms with E-state index >= 15 is 0 Å². The molecule has 0 N–H and O–H groups in total. The number of rotatable bonds is 1. The van der Waals surface area contributed by atoms with Crippen molar-refractivity contribution in [2.75, 3.05) is 0 Å². The maximum absolute atomic E-state index is 2.38. The number of allylic oxidation sites excluding steroid dienone is 1. The lowest BCUT2D eigenvalue weighted by atomic mass is 9.86. The van der Waals surface area contributed by atoms with Crippen LogP contribution in [-0.4, -0.2) is 0 Å². The van der Waals surface area contributed by atoms with Crippen LogP contribution in [0.4, 0.5) is 0 Å². The van der Waals surface area contributed by atoms with Gasteiger partial charge in [0.25, 0.3) is 0 Å². The molecule has 0 heteroatoms. The quantitative estimate of drug-likeness (QED) is 0.612. The average molecular weight is 276 g/mol. The summed E-state index contributed by atoms with van der Waals surface area (Å²) < 4.78 is 0. The number of fused-ring (bicyclic) bond motifs is 1. The summed E-state index contributed by atoms with van der Waals surface area (Å²) in [7, 11) is 0. The summed E-state index contributed by atoms with van der Waals surface area (Å²) in [5.74, 6) is 0. The van der Waals surface area contributed by atoms with Gasteiger partial charge in [-0.2, -0.15) is 0 Å². The third-order valence-electron chi connectivity index (χ3n) is 5.15. The van der Waals surface area contributed by atoms with Gasteiger partial charge in [-0.3, -0.25) is 0 Å². The fourth-order valence-corrected chi connectivity index (χ4v) is 3.52. The van der Waals surface area contributed by atoms with Gasteiger partial charge in [-0.25, -0.2) is 0 Å². The highest BCUT2D eigenvalue weighted by Gasteiger charge is 2.19. The normalized spacial score (nSPS) is 13.3. The van der Waals surface area contributed by atoms with E-state index in [1.807, 2.05) is 0 Å². The minimum absolute atomic E-state index is 1.10. The predicted molar refractivity (Wildman–Crippen MR) is 92.9 cm³/mol. The van der Waals surface area contributed by atoms with E-state index in [1.54, 1.807) is 0 Å². The second-order valence-electron chi connectivity index (χ2n) is 6.61. The molecule has 2 aromatic rings. The van der Waals surface area contributed by atoms with Gasteiger partial charge in [-0.05, 0) is 98.0 Å². The van der Waals surface area contributed by atoms with Crippen LogP contribution in [0.25, 0.3) is 17.2 Å². The maximum atomic E-state index is 2.38. The zero-order valence-electron chi connectivity index (χ0n) is 14.0. The predicted octanol–water partition coefficient (Wildman–Crippen LogP) is 5.86. The molecule has 0 nitrogen and oxygen atoms in total. The molecule has 0 saturated heterocycles. The summed E-state index contributed by atoms with van der Waals surface area (Å²) in [5.41, 5.74) is 14.3. The van der Waals surface area contributed by atoms with Crippen LogP contribution in [0.3, 0.4) is 0 Å². The molecular weight excluding hydrogens is 252 g/mol. The average Bonchev–Trinajstić information content (AvgIpc) is 2.81. The van der Waals surface area contributed by atoms with Crippen molar-refractivity contribution >= 4 is 6.08 Å². The fourth-order valence-electron chi connectivity index (χ4n) is 3.52. The molecule has 1 aliphatic rings. The first kappa shape index (κ1) is 14.1. The highest BCUT2D eigenvalue weighted by Crippen LogP contribution is 2.39. The Hall–Kier alpha value is -1.82. The smallest absolute Gasteiger partial charge is 0.00604 e. The summed E-state index contributed by atoms with van der Waals surface area (Å²) in [6.45, 7) is 13.4. The van der Waals surface area contributed by atoms with Crippen molar-refractivity contribution in [1.82, 2.24) is 0 Å². The Kier molecular flexibility index (Phi) is 3.28. The van der Waals surface area contributed by atoms with Crippen LogP contribution >= 0.6 is 0 Å². The highest BCUT2D eigenvalue weighted by molar-refractivity contribution is 5.85. The number of aryl methyl sites for hydroxylation is 2. The third kappa shape index (κ3) is 2.14. The third-order valence-corrected chi connectivity index (χ3v) is 5.15. The molecule has 0 unspecified atom stereocenters. The van der Waals surface area contributed by atoms with Crippen LogP contribution in [0.1, 0.15) is 45.9 Å². The number of hydrogen-bond donors (Lipinski definition) is 0. The summed E-state index contributed by atoms with van der Waals surface area (Å²) in [5, 5.41) is 0. The molecule has 0 atom stereocenters. The monoisotopic (exact) mass is 276 g/mol. The molecule has 0 bridgehead atoms. The lowest BCUT2D eigenvalue weighted by molar-refractivity contribution is 1.18. The molecule has 0 radical (unpaired) electrons. The topological polar surface area (TPSA) is 0 Å². The molecular formula is C21H24. The highest BCUT2D eigenvalue weighted by atomic mass is 14.2. The van der Waals surface area contributed by atoms with Crippen molar-refractivity contribution < 1.29 is 0 Å². The van der Waals surface area contributed by atoms with Crippen molar-refractivity contribution in [3.63, 3.8) is 0 Å². The van der Waals surface area contributed by atoms with Crippen LogP contribution < -0.4 is 0 Å². The lowest BCUT2D eigenvalue weighted by Gasteiger charge is -2.18. The van der Waals surface area contributed by atoms with Gasteiger partial charge >= 0.3 is 0 Å². The van der Waals surface area contributed by atoms with Gasteiger partial charge in [-0.15, -0.1) is 0 Å². The molecule has 0 amide bonds. The largest absolute Gasteiger partial charge is 0.0683 e. The molecule has 3 rings (SSSR count). The SMILES string of the molecule is CC1=Cc2c(ccc(C)c2-c2cc(C)c(C)c(C)c2C)C1. The summed E-state index contributed by atoms with van der Waals surface area (Å²) >= 11 is 0. The van der Waals surface area contributed by atoms with Gasteiger partial charge in [0.2, 0.25) is 0 Å². The first-order valence-electron chi connectivity index (χ1n) is 7.77. The molecule has 0 spiro atoms. The van der Waals surface area contributed by atoms with Gasteiger partial charge in [0.15, 0.2) is 0 Å². The molecule has 0 aromatic heterocycles. The van der Waals surface area contributed by atoms with Gasteiger partial charge in [0.1, 0.15) is 0 Å². The Morgan fingerprint density at radius 2 is 1.48 bits per heavy atom. The summed E-state index contributed by atoms with van der Waals surface area (Å²) in [6.07, 6.45) is 3.48. The Morgan fingerprint density at radius 3 is 2.19 bits per heavy atom. The van der Waals surface area contributed by atoms with Gasteiger partial charge in [0.05, 0.1) is 0 Å². The molecule has 0 heterocycles. The van der Waals surface area contributed by atoms with Gasteiger partial charge in [0, 0.05) is 0 Å². The van der Waals surface area contributed by atoms with Gasteiger partial charge < -0.3 is 0 Å². The minimum Gasteiger partial charge on any atom is -0.0683 e. The van der Waals surface area contributed by atoms with Crippen LogP contribution in [-0.2, 0) is 6.42 Å². The van der Waals surface area contributed by atoms with Crippen LogP contribution in [0.15, 0.2) is 23.8 Å². The molecule has 0 aliphatic heterocycles. The molecule has 0 saturated carbocycles. The number of benzene rings is 2. The standard InChI is InChI=1S/C21H24/c1-12-9-18-8-7-13(2)21(20(18)10-12)19-11-14(3)15(4)16(5)17(19)6/h7-8,10-11H,9H2,1-6H3. The van der Waals surface area contributed by atoms with E-state index in [0.29, 0.717) is 0 Å². The van der Waals surface area contributed by atoms with Crippen LogP contribution in [0.5, 0.6) is 0 Å². The lowest BCUT2D eigenvalue weighted by Crippen LogP contribution is -1.98. The van der Waals surface area contributed by atoms with Gasteiger partial charge in [-0.1, -0.05) is 29.8 Å². The minimum atomic E-state index is 1.10. The van der Waals surface area contributed by atoms with E-state index in [0.717, 1.165) is 6.42 Å². The zero-order valence-corrected chi connectivity index (χ0v) is 14.0. The molecule has 0 fully saturated rings. The van der Waals surface area contributed by atoms with E-state index in [9.17, 15) is 0 Å². The Labute approximate surface area is 128 Å². The van der Waals surface area contributed by atoms with Crippen molar-refractivity contribution in [3.05, 3.63) is 62.7 Å². The molecule has 108 valence electrons. The first-order chi connectivity index (χ1) is 9.90. The fraction of sp³-hybridized carbons (Fsp3) is 0.333. The van der Waals surface area contributed by atoms with E-state index in [4.69, 9.17) is 0 Å². The zero-order chi connectivity index (χ0) is 15.3. The molecule has 1 aliphatic carbocycles. The Morgan fingerprint density at radius 1 is 0.762 bits per heavy atom. The van der Waals surface area contributed by atoms with E-state index in [1.165, 1.54) is 55.6 Å². The first-order valence-corrected chi connectivity index (χ1v) is 7.77. The van der Waals surface area contributed by atoms with Crippen molar-refractivity contribution in [2.45, 2.75) is 48.0 Å². The number of hydrogen-bond acceptors (Lipinski definition) is 0. The summed E-state index contributed by atoms with van der Waals surface area (Å²) in [4.78, 5) is 0.